The van der Waals surface area contributed by atoms with Gasteiger partial charge in [0.15, 0.2) is 0 Å². The zero-order chi connectivity index (χ0) is 15.4. The van der Waals surface area contributed by atoms with Crippen LogP contribution in [0, 0.1) is 0 Å². The first kappa shape index (κ1) is 14.4. The molecule has 112 valence electrons. The number of hydrogen-bond donors (Lipinski definition) is 1. The van der Waals surface area contributed by atoms with Crippen LogP contribution in [-0.4, -0.2) is 4.98 Å². The highest BCUT2D eigenvalue weighted by molar-refractivity contribution is 5.75. The van der Waals surface area contributed by atoms with E-state index in [0.29, 0.717) is 11.8 Å². The smallest absolute Gasteiger partial charge is 0.0237 e. The minimum Gasteiger partial charge on any atom is -0.361 e. The first-order chi connectivity index (χ1) is 9.79. The highest BCUT2D eigenvalue weighted by atomic mass is 14.7. The van der Waals surface area contributed by atoms with E-state index in [0.717, 1.165) is 6.42 Å². The normalized spacial score (nSPS) is 16.2. The first-order valence-electron chi connectivity index (χ1n) is 8.16. The second kappa shape index (κ2) is 4.76. The monoisotopic (exact) mass is 281 g/mol. The van der Waals surface area contributed by atoms with Crippen LogP contribution in [0.3, 0.4) is 0 Å². The van der Waals surface area contributed by atoms with E-state index in [4.69, 9.17) is 0 Å². The van der Waals surface area contributed by atoms with Crippen LogP contribution in [0.15, 0.2) is 24.3 Å². The third kappa shape index (κ3) is 2.33. The van der Waals surface area contributed by atoms with Crippen molar-refractivity contribution in [2.45, 2.75) is 65.2 Å². The summed E-state index contributed by atoms with van der Waals surface area (Å²) in [6.45, 7) is 13.8. The van der Waals surface area contributed by atoms with Crippen molar-refractivity contribution in [3.05, 3.63) is 46.8 Å². The van der Waals surface area contributed by atoms with E-state index in [1.54, 1.807) is 0 Å². The van der Waals surface area contributed by atoms with E-state index in [-0.39, 0.29) is 5.41 Å². The molecule has 0 spiro atoms. The summed E-state index contributed by atoms with van der Waals surface area (Å²) in [5.41, 5.74) is 8.77. The Balaban J connectivity index is 2.20. The van der Waals surface area contributed by atoms with Gasteiger partial charge in [-0.05, 0) is 46.4 Å². The van der Waals surface area contributed by atoms with Gasteiger partial charge in [-0.1, -0.05) is 59.7 Å². The summed E-state index contributed by atoms with van der Waals surface area (Å²) in [6, 6.07) is 9.44. The Morgan fingerprint density at radius 1 is 0.952 bits per heavy atom. The van der Waals surface area contributed by atoms with E-state index < -0.39 is 0 Å². The maximum atomic E-state index is 3.67. The molecule has 2 aromatic rings. The number of H-pyrrole nitrogens is 1. The summed E-state index contributed by atoms with van der Waals surface area (Å²) in [4.78, 5) is 3.67. The lowest BCUT2D eigenvalue weighted by molar-refractivity contribution is 0.509. The van der Waals surface area contributed by atoms with Crippen LogP contribution >= 0.6 is 0 Å². The summed E-state index contributed by atoms with van der Waals surface area (Å²) in [7, 11) is 0. The Hall–Kier alpha value is -1.50. The van der Waals surface area contributed by atoms with E-state index in [9.17, 15) is 0 Å². The van der Waals surface area contributed by atoms with Crippen molar-refractivity contribution < 1.29 is 0 Å². The number of benzene rings is 1. The maximum absolute atomic E-state index is 3.67. The molecule has 1 heterocycles. The van der Waals surface area contributed by atoms with Gasteiger partial charge in [0.25, 0.3) is 0 Å². The average molecular weight is 281 g/mol. The Labute approximate surface area is 128 Å². The van der Waals surface area contributed by atoms with E-state index >= 15 is 0 Å². The number of aromatic amines is 1. The highest BCUT2D eigenvalue weighted by Gasteiger charge is 2.32. The van der Waals surface area contributed by atoms with Crippen molar-refractivity contribution in [3.63, 3.8) is 0 Å². The summed E-state index contributed by atoms with van der Waals surface area (Å²) >= 11 is 0. The van der Waals surface area contributed by atoms with Crippen molar-refractivity contribution in [2.24, 2.45) is 0 Å². The molecule has 0 radical (unpaired) electrons. The molecular formula is C20H27N. The fourth-order valence-corrected chi connectivity index (χ4v) is 3.46. The van der Waals surface area contributed by atoms with Crippen molar-refractivity contribution in [1.29, 1.82) is 0 Å². The Morgan fingerprint density at radius 2 is 1.67 bits per heavy atom. The van der Waals surface area contributed by atoms with Gasteiger partial charge < -0.3 is 4.98 Å². The van der Waals surface area contributed by atoms with E-state index in [1.165, 1.54) is 33.6 Å². The molecule has 0 unspecified atom stereocenters. The lowest BCUT2D eigenvalue weighted by atomic mass is 9.71. The lowest BCUT2D eigenvalue weighted by Crippen LogP contribution is -2.25. The molecule has 0 amide bonds. The fourth-order valence-electron chi connectivity index (χ4n) is 3.46. The number of fused-ring (bicyclic) bond motifs is 3. The molecule has 3 rings (SSSR count). The van der Waals surface area contributed by atoms with Crippen LogP contribution < -0.4 is 0 Å². The summed E-state index contributed by atoms with van der Waals surface area (Å²) in [5.74, 6) is 1.14. The SMILES string of the molecule is CC(C)c1ccc2c(c1)C(C)(C)Cc1[nH]c(C(C)C)cc1-2. The average Bonchev–Trinajstić information content (AvgIpc) is 2.81. The standard InChI is InChI=1S/C20H27N/c1-12(2)14-7-8-15-16-10-18(13(3)4)21-19(16)11-20(5,6)17(15)9-14/h7-10,12-13,21H,11H2,1-6H3. The van der Waals surface area contributed by atoms with Gasteiger partial charge in [0, 0.05) is 17.0 Å². The van der Waals surface area contributed by atoms with Gasteiger partial charge in [-0.3, -0.25) is 0 Å². The molecule has 1 heteroatoms. The molecule has 1 nitrogen and oxygen atoms in total. The predicted octanol–water partition coefficient (Wildman–Crippen LogP) is 5.76. The molecule has 1 aromatic carbocycles. The van der Waals surface area contributed by atoms with Gasteiger partial charge in [-0.15, -0.1) is 0 Å². The third-order valence-corrected chi connectivity index (χ3v) is 4.89. The predicted molar refractivity (Wildman–Crippen MR) is 91.1 cm³/mol. The van der Waals surface area contributed by atoms with Gasteiger partial charge in [0.05, 0.1) is 0 Å². The van der Waals surface area contributed by atoms with Crippen molar-refractivity contribution in [1.82, 2.24) is 4.98 Å². The van der Waals surface area contributed by atoms with Crippen molar-refractivity contribution >= 4 is 0 Å². The van der Waals surface area contributed by atoms with E-state index in [2.05, 4.69) is 70.8 Å². The molecule has 1 aliphatic rings. The van der Waals surface area contributed by atoms with Crippen LogP contribution in [0.5, 0.6) is 0 Å². The largest absolute Gasteiger partial charge is 0.361 e. The summed E-state index contributed by atoms with van der Waals surface area (Å²) in [5, 5.41) is 0. The third-order valence-electron chi connectivity index (χ3n) is 4.89. The Kier molecular flexibility index (Phi) is 3.27. The molecule has 1 N–H and O–H groups in total. The summed E-state index contributed by atoms with van der Waals surface area (Å²) < 4.78 is 0. The lowest BCUT2D eigenvalue weighted by Gasteiger charge is -2.33. The zero-order valence-electron chi connectivity index (χ0n) is 14.2. The van der Waals surface area contributed by atoms with Crippen LogP contribution in [0.25, 0.3) is 11.1 Å². The Morgan fingerprint density at radius 3 is 2.29 bits per heavy atom. The van der Waals surface area contributed by atoms with Gasteiger partial charge in [-0.25, -0.2) is 0 Å². The molecule has 0 atom stereocenters. The van der Waals surface area contributed by atoms with Crippen LogP contribution in [0.4, 0.5) is 0 Å². The molecular weight excluding hydrogens is 254 g/mol. The van der Waals surface area contributed by atoms with Crippen molar-refractivity contribution in [2.75, 3.05) is 0 Å². The van der Waals surface area contributed by atoms with E-state index in [1.807, 2.05) is 0 Å². The van der Waals surface area contributed by atoms with Crippen LogP contribution in [0.2, 0.25) is 0 Å². The first-order valence-corrected chi connectivity index (χ1v) is 8.16. The number of rotatable bonds is 2. The Bertz CT molecular complexity index is 671. The highest BCUT2D eigenvalue weighted by Crippen LogP contribution is 2.44. The zero-order valence-corrected chi connectivity index (χ0v) is 14.2. The minimum absolute atomic E-state index is 0.201. The number of nitrogens with one attached hydrogen (secondary N) is 1. The molecule has 0 saturated carbocycles. The summed E-state index contributed by atoms with van der Waals surface area (Å²) in [6.07, 6.45) is 1.10. The van der Waals surface area contributed by atoms with Gasteiger partial charge in [0.1, 0.15) is 0 Å². The molecule has 0 fully saturated rings. The molecule has 0 bridgehead atoms. The molecule has 1 aliphatic carbocycles. The second-order valence-corrected chi connectivity index (χ2v) is 7.79. The number of hydrogen-bond acceptors (Lipinski definition) is 0. The fraction of sp³-hybridized carbons (Fsp3) is 0.500. The molecule has 0 aliphatic heterocycles. The number of aromatic nitrogens is 1. The quantitative estimate of drug-likeness (QED) is 0.720. The van der Waals surface area contributed by atoms with Gasteiger partial charge in [-0.2, -0.15) is 0 Å². The van der Waals surface area contributed by atoms with Crippen molar-refractivity contribution in [3.8, 4) is 11.1 Å². The second-order valence-electron chi connectivity index (χ2n) is 7.79. The van der Waals surface area contributed by atoms with Gasteiger partial charge >= 0.3 is 0 Å². The maximum Gasteiger partial charge on any atom is 0.0237 e. The minimum atomic E-state index is 0.201. The molecule has 1 aromatic heterocycles. The van der Waals surface area contributed by atoms with Crippen LogP contribution in [-0.2, 0) is 11.8 Å². The molecule has 21 heavy (non-hydrogen) atoms. The molecule has 0 saturated heterocycles. The van der Waals surface area contributed by atoms with Crippen LogP contribution in [0.1, 0.15) is 75.9 Å². The van der Waals surface area contributed by atoms with Gasteiger partial charge in [0.2, 0.25) is 0 Å². The topological polar surface area (TPSA) is 15.8 Å².